The van der Waals surface area contributed by atoms with Gasteiger partial charge in [-0.15, -0.1) is 0 Å². The second-order valence-electron chi connectivity index (χ2n) is 7.78. The highest BCUT2D eigenvalue weighted by atomic mass is 16.5. The van der Waals surface area contributed by atoms with E-state index in [-0.39, 0.29) is 37.5 Å². The Morgan fingerprint density at radius 1 is 0.690 bits per heavy atom. The molecule has 0 N–H and O–H groups in total. The molecule has 0 amide bonds. The Morgan fingerprint density at radius 3 is 1.97 bits per heavy atom. The van der Waals surface area contributed by atoms with Gasteiger partial charge in [-0.1, -0.05) is 96.8 Å². The molecule has 0 aromatic rings. The van der Waals surface area contributed by atoms with Crippen LogP contribution in [0, 0.1) is 11.8 Å². The van der Waals surface area contributed by atoms with Crippen molar-refractivity contribution in [3.63, 3.8) is 0 Å². The Kier molecular flexibility index (Phi) is 20.1. The molecular formula is C25H44O4. The third-order valence-electron chi connectivity index (χ3n) is 4.91. The smallest absolute Gasteiger partial charge is 0.307 e. The Hall–Kier alpha value is -1.50. The molecular weight excluding hydrogens is 364 g/mol. The molecule has 0 saturated carbocycles. The number of carbonyl (C=O) groups is 2. The lowest BCUT2D eigenvalue weighted by atomic mass is 10.1. The maximum absolute atomic E-state index is 11.9. The van der Waals surface area contributed by atoms with Gasteiger partial charge < -0.3 is 9.47 Å². The minimum absolute atomic E-state index is 0.0225. The molecule has 0 heterocycles. The highest BCUT2D eigenvalue weighted by molar-refractivity contribution is 5.77. The van der Waals surface area contributed by atoms with Crippen LogP contribution < -0.4 is 0 Å². The van der Waals surface area contributed by atoms with Gasteiger partial charge in [0.25, 0.3) is 0 Å². The van der Waals surface area contributed by atoms with E-state index < -0.39 is 0 Å². The topological polar surface area (TPSA) is 52.6 Å². The van der Waals surface area contributed by atoms with Crippen LogP contribution in [0.4, 0.5) is 0 Å². The van der Waals surface area contributed by atoms with Crippen molar-refractivity contribution in [3.05, 3.63) is 0 Å². The molecule has 0 aliphatic heterocycles. The fourth-order valence-electron chi connectivity index (χ4n) is 3.14. The van der Waals surface area contributed by atoms with E-state index in [9.17, 15) is 9.59 Å². The first kappa shape index (κ1) is 27.5. The van der Waals surface area contributed by atoms with Crippen LogP contribution in [0.25, 0.3) is 0 Å². The first-order valence-electron chi connectivity index (χ1n) is 11.9. The number of hydrogen-bond acceptors (Lipinski definition) is 4. The monoisotopic (exact) mass is 408 g/mol. The van der Waals surface area contributed by atoms with Crippen molar-refractivity contribution in [3.8, 4) is 11.8 Å². The number of carbonyl (C=O) groups excluding carboxylic acids is 2. The number of rotatable bonds is 18. The van der Waals surface area contributed by atoms with Gasteiger partial charge in [-0.2, -0.15) is 0 Å². The van der Waals surface area contributed by atoms with Crippen molar-refractivity contribution in [2.24, 2.45) is 0 Å². The number of unbranched alkanes of at least 4 members (excludes halogenated alkanes) is 9. The van der Waals surface area contributed by atoms with E-state index in [2.05, 4.69) is 32.6 Å². The van der Waals surface area contributed by atoms with Gasteiger partial charge in [0.15, 0.2) is 6.61 Å². The van der Waals surface area contributed by atoms with Gasteiger partial charge in [0.2, 0.25) is 0 Å². The minimum atomic E-state index is -0.385. The number of ether oxygens (including phenoxy) is 2. The third-order valence-corrected chi connectivity index (χ3v) is 4.91. The molecule has 0 saturated heterocycles. The first-order valence-corrected chi connectivity index (χ1v) is 11.9. The normalized spacial score (nSPS) is 11.4. The lowest BCUT2D eigenvalue weighted by molar-refractivity contribution is -0.153. The van der Waals surface area contributed by atoms with E-state index in [1.54, 1.807) is 0 Å². The zero-order valence-corrected chi connectivity index (χ0v) is 19.2. The van der Waals surface area contributed by atoms with Crippen LogP contribution >= 0.6 is 0 Å². The molecule has 0 rings (SSSR count). The van der Waals surface area contributed by atoms with Crippen molar-refractivity contribution >= 4 is 11.9 Å². The highest BCUT2D eigenvalue weighted by Crippen LogP contribution is 2.13. The standard InChI is InChI=1S/C25H44O4/c1-4-7-9-10-11-12-13-14-15-16-17-22-28-24(26)20-21-25(27)29-23(18-6-3)19-8-5-2/h23H,4-15,18-22H2,1-3H3. The summed E-state index contributed by atoms with van der Waals surface area (Å²) in [5.74, 6) is 5.25. The summed E-state index contributed by atoms with van der Waals surface area (Å²) in [6.07, 6.45) is 16.2. The number of hydrogen-bond donors (Lipinski definition) is 0. The summed E-state index contributed by atoms with van der Waals surface area (Å²) in [5.41, 5.74) is 0. The molecule has 4 heteroatoms. The van der Waals surface area contributed by atoms with Gasteiger partial charge in [-0.05, 0) is 19.3 Å². The Balaban J connectivity index is 3.69. The summed E-state index contributed by atoms with van der Waals surface area (Å²) in [6.45, 7) is 6.56. The third kappa shape index (κ3) is 19.6. The minimum Gasteiger partial charge on any atom is -0.462 e. The molecule has 0 aromatic heterocycles. The van der Waals surface area contributed by atoms with E-state index in [1.807, 2.05) is 0 Å². The van der Waals surface area contributed by atoms with Crippen LogP contribution in [-0.2, 0) is 19.1 Å². The summed E-state index contributed by atoms with van der Waals surface area (Å²) in [5, 5.41) is 0. The van der Waals surface area contributed by atoms with Crippen LogP contribution in [0.5, 0.6) is 0 Å². The largest absolute Gasteiger partial charge is 0.462 e. The summed E-state index contributed by atoms with van der Waals surface area (Å²) in [6, 6.07) is 0. The van der Waals surface area contributed by atoms with Crippen molar-refractivity contribution in [1.82, 2.24) is 0 Å². The highest BCUT2D eigenvalue weighted by Gasteiger charge is 2.15. The average molecular weight is 409 g/mol. The molecule has 1 atom stereocenters. The molecule has 0 aromatic carbocycles. The summed E-state index contributed by atoms with van der Waals surface area (Å²) in [4.78, 5) is 23.6. The quantitative estimate of drug-likeness (QED) is 0.143. The van der Waals surface area contributed by atoms with E-state index in [1.165, 1.54) is 44.9 Å². The molecule has 168 valence electrons. The summed E-state index contributed by atoms with van der Waals surface area (Å²) >= 11 is 0. The molecule has 29 heavy (non-hydrogen) atoms. The van der Waals surface area contributed by atoms with Crippen molar-refractivity contribution in [2.75, 3.05) is 6.61 Å². The van der Waals surface area contributed by atoms with Crippen LogP contribution in [0.1, 0.15) is 124 Å². The van der Waals surface area contributed by atoms with Crippen molar-refractivity contribution in [2.45, 2.75) is 130 Å². The average Bonchev–Trinajstić information content (AvgIpc) is 2.71. The van der Waals surface area contributed by atoms with Gasteiger partial charge in [0.1, 0.15) is 6.10 Å². The van der Waals surface area contributed by atoms with Crippen molar-refractivity contribution in [1.29, 1.82) is 0 Å². The molecule has 0 fully saturated rings. The molecule has 0 spiro atoms. The van der Waals surface area contributed by atoms with Gasteiger partial charge in [0, 0.05) is 6.42 Å². The number of esters is 2. The second-order valence-corrected chi connectivity index (χ2v) is 7.78. The fraction of sp³-hybridized carbons (Fsp3) is 0.840. The van der Waals surface area contributed by atoms with E-state index in [0.29, 0.717) is 0 Å². The maximum Gasteiger partial charge on any atom is 0.307 e. The van der Waals surface area contributed by atoms with Crippen LogP contribution in [0.2, 0.25) is 0 Å². The molecule has 0 bridgehead atoms. The molecule has 0 aliphatic carbocycles. The Morgan fingerprint density at radius 2 is 1.31 bits per heavy atom. The van der Waals surface area contributed by atoms with Gasteiger partial charge in [0.05, 0.1) is 12.8 Å². The van der Waals surface area contributed by atoms with Gasteiger partial charge in [-0.3, -0.25) is 9.59 Å². The molecule has 4 nitrogen and oxygen atoms in total. The molecule has 0 aliphatic rings. The predicted octanol–water partition coefficient (Wildman–Crippen LogP) is 6.75. The van der Waals surface area contributed by atoms with E-state index >= 15 is 0 Å². The predicted molar refractivity (Wildman–Crippen MR) is 120 cm³/mol. The zero-order chi connectivity index (χ0) is 21.6. The Bertz CT molecular complexity index is 461. The SMILES string of the molecule is CCCCCCCCCCC#CCOC(=O)CCC(=O)OC(CCC)CCCC. The van der Waals surface area contributed by atoms with E-state index in [4.69, 9.17) is 9.47 Å². The molecule has 1 unspecified atom stereocenters. The van der Waals surface area contributed by atoms with Crippen LogP contribution in [0.3, 0.4) is 0 Å². The molecule has 0 radical (unpaired) electrons. The fourth-order valence-corrected chi connectivity index (χ4v) is 3.14. The lowest BCUT2D eigenvalue weighted by Gasteiger charge is -2.16. The maximum atomic E-state index is 11.9. The second kappa shape index (κ2) is 21.2. The lowest BCUT2D eigenvalue weighted by Crippen LogP contribution is -2.19. The van der Waals surface area contributed by atoms with Gasteiger partial charge in [-0.25, -0.2) is 0 Å². The van der Waals surface area contributed by atoms with Crippen molar-refractivity contribution < 1.29 is 19.1 Å². The van der Waals surface area contributed by atoms with Gasteiger partial charge >= 0.3 is 11.9 Å². The van der Waals surface area contributed by atoms with Crippen LogP contribution in [0.15, 0.2) is 0 Å². The summed E-state index contributed by atoms with van der Waals surface area (Å²) < 4.78 is 10.6. The summed E-state index contributed by atoms with van der Waals surface area (Å²) in [7, 11) is 0. The zero-order valence-electron chi connectivity index (χ0n) is 19.2. The van der Waals surface area contributed by atoms with E-state index in [0.717, 1.165) is 44.9 Å². The Labute approximate surface area is 179 Å². The van der Waals surface area contributed by atoms with Crippen LogP contribution in [-0.4, -0.2) is 24.6 Å². The first-order chi connectivity index (χ1) is 14.1.